The number of aryl methyl sites for hydroxylation is 1. The summed E-state index contributed by atoms with van der Waals surface area (Å²) in [7, 11) is 0. The van der Waals surface area contributed by atoms with Crippen molar-refractivity contribution in [1.29, 1.82) is 0 Å². The van der Waals surface area contributed by atoms with Crippen LogP contribution >= 0.6 is 0 Å². The average molecular weight is 367 g/mol. The van der Waals surface area contributed by atoms with Crippen molar-refractivity contribution >= 4 is 12.0 Å². The molecule has 0 saturated carbocycles. The molecular weight excluding hydrogens is 342 g/mol. The molecule has 0 aliphatic carbocycles. The van der Waals surface area contributed by atoms with Crippen molar-refractivity contribution in [2.45, 2.75) is 45.4 Å². The molecule has 1 aliphatic rings. The second kappa shape index (κ2) is 9.16. The second-order valence-electron chi connectivity index (χ2n) is 6.66. The summed E-state index contributed by atoms with van der Waals surface area (Å²) in [5, 5.41) is 2.92. The lowest BCUT2D eigenvalue weighted by atomic mass is 10.1. The third-order valence-corrected chi connectivity index (χ3v) is 4.72. The largest absolute Gasteiger partial charge is 0.445 e. The normalized spacial score (nSPS) is 16.2. The second-order valence-corrected chi connectivity index (χ2v) is 6.66. The minimum Gasteiger partial charge on any atom is -0.445 e. The van der Waals surface area contributed by atoms with Gasteiger partial charge in [-0.05, 0) is 36.0 Å². The van der Waals surface area contributed by atoms with Crippen LogP contribution in [0.2, 0.25) is 0 Å². The van der Waals surface area contributed by atoms with E-state index in [1.54, 1.807) is 6.20 Å². The Bertz CT molecular complexity index is 779. The fraction of sp³-hybridized carbons (Fsp3) is 0.381. The fourth-order valence-electron chi connectivity index (χ4n) is 3.20. The van der Waals surface area contributed by atoms with Gasteiger partial charge in [-0.1, -0.05) is 43.3 Å². The summed E-state index contributed by atoms with van der Waals surface area (Å²) in [5.74, 6) is -0.147. The predicted octanol–water partition coefficient (Wildman–Crippen LogP) is 3.06. The lowest BCUT2D eigenvalue weighted by Crippen LogP contribution is -2.45. The van der Waals surface area contributed by atoms with Gasteiger partial charge >= 0.3 is 6.09 Å². The molecule has 1 aromatic heterocycles. The molecule has 142 valence electrons. The Labute approximate surface area is 159 Å². The van der Waals surface area contributed by atoms with Crippen LogP contribution in [0, 0.1) is 0 Å². The van der Waals surface area contributed by atoms with E-state index in [4.69, 9.17) is 4.74 Å². The van der Waals surface area contributed by atoms with E-state index in [0.717, 1.165) is 29.5 Å². The van der Waals surface area contributed by atoms with Gasteiger partial charge in [0.2, 0.25) is 5.91 Å². The number of nitrogens with one attached hydrogen (secondary N) is 1. The van der Waals surface area contributed by atoms with E-state index in [9.17, 15) is 9.59 Å². The number of rotatable bonds is 6. The molecule has 0 spiro atoms. The first-order valence-electron chi connectivity index (χ1n) is 9.35. The topological polar surface area (TPSA) is 71.5 Å². The lowest BCUT2D eigenvalue weighted by Gasteiger charge is -2.23. The van der Waals surface area contributed by atoms with Gasteiger partial charge in [0.05, 0.1) is 0 Å². The Kier molecular flexibility index (Phi) is 6.41. The van der Waals surface area contributed by atoms with Crippen LogP contribution < -0.4 is 5.32 Å². The summed E-state index contributed by atoms with van der Waals surface area (Å²) in [5.41, 5.74) is 3.02. The fourth-order valence-corrected chi connectivity index (χ4v) is 3.20. The number of hydrogen-bond acceptors (Lipinski definition) is 4. The first kappa shape index (κ1) is 18.9. The molecule has 0 radical (unpaired) electrons. The maximum atomic E-state index is 12.6. The maximum absolute atomic E-state index is 12.6. The van der Waals surface area contributed by atoms with Crippen LogP contribution in [0.15, 0.2) is 48.8 Å². The maximum Gasteiger partial charge on any atom is 0.410 e. The Hall–Kier alpha value is -2.89. The number of nitrogens with zero attached hydrogens (tertiary/aromatic N) is 2. The standard InChI is InChI=1S/C21H25N3O3/c1-2-16-11-18(13-22-12-16)14-23-20(25)19-9-6-10-24(19)21(26)27-15-17-7-4-3-5-8-17/h3-5,7-8,11-13,19H,2,6,9-10,14-15H2,1H3,(H,23,25). The highest BCUT2D eigenvalue weighted by Gasteiger charge is 2.34. The first-order valence-corrected chi connectivity index (χ1v) is 9.35. The van der Waals surface area contributed by atoms with E-state index in [1.165, 1.54) is 4.90 Å². The van der Waals surface area contributed by atoms with Crippen LogP contribution in [-0.4, -0.2) is 34.5 Å². The van der Waals surface area contributed by atoms with Gasteiger partial charge in [-0.15, -0.1) is 0 Å². The van der Waals surface area contributed by atoms with Crippen LogP contribution in [0.1, 0.15) is 36.5 Å². The van der Waals surface area contributed by atoms with Crippen molar-refractivity contribution in [3.63, 3.8) is 0 Å². The van der Waals surface area contributed by atoms with Crippen LogP contribution in [0.5, 0.6) is 0 Å². The van der Waals surface area contributed by atoms with E-state index >= 15 is 0 Å². The summed E-state index contributed by atoms with van der Waals surface area (Å²) < 4.78 is 5.38. The number of amides is 2. The zero-order chi connectivity index (χ0) is 19.1. The summed E-state index contributed by atoms with van der Waals surface area (Å²) in [6.07, 6.45) is 5.49. The van der Waals surface area contributed by atoms with E-state index in [0.29, 0.717) is 19.5 Å². The third kappa shape index (κ3) is 5.06. The van der Waals surface area contributed by atoms with Crippen molar-refractivity contribution in [3.05, 3.63) is 65.5 Å². The minimum absolute atomic E-state index is 0.147. The Morgan fingerprint density at radius 1 is 1.19 bits per heavy atom. The summed E-state index contributed by atoms with van der Waals surface area (Å²) in [6.45, 7) is 3.22. The van der Waals surface area contributed by atoms with Crippen LogP contribution in [0.3, 0.4) is 0 Å². The molecule has 2 aromatic rings. The summed E-state index contributed by atoms with van der Waals surface area (Å²) in [4.78, 5) is 30.7. The number of hydrogen-bond donors (Lipinski definition) is 1. The molecular formula is C21H25N3O3. The third-order valence-electron chi connectivity index (χ3n) is 4.72. The van der Waals surface area contributed by atoms with Crippen molar-refractivity contribution in [1.82, 2.24) is 15.2 Å². The highest BCUT2D eigenvalue weighted by atomic mass is 16.6. The molecule has 3 rings (SSSR count). The van der Waals surface area contributed by atoms with Crippen LogP contribution in [0.25, 0.3) is 0 Å². The summed E-state index contributed by atoms with van der Waals surface area (Å²) >= 11 is 0. The highest BCUT2D eigenvalue weighted by molar-refractivity contribution is 5.86. The molecule has 1 fully saturated rings. The average Bonchev–Trinajstić information content (AvgIpc) is 3.21. The number of pyridine rings is 1. The molecule has 6 nitrogen and oxygen atoms in total. The van der Waals surface area contributed by atoms with E-state index in [-0.39, 0.29) is 12.5 Å². The lowest BCUT2D eigenvalue weighted by molar-refractivity contribution is -0.125. The van der Waals surface area contributed by atoms with Gasteiger partial charge in [0.1, 0.15) is 12.6 Å². The molecule has 1 aliphatic heterocycles. The molecule has 1 N–H and O–H groups in total. The van der Waals surface area contributed by atoms with Crippen molar-refractivity contribution in [3.8, 4) is 0 Å². The van der Waals surface area contributed by atoms with E-state index < -0.39 is 12.1 Å². The Balaban J connectivity index is 1.53. The zero-order valence-electron chi connectivity index (χ0n) is 15.6. The van der Waals surface area contributed by atoms with E-state index in [2.05, 4.69) is 17.2 Å². The minimum atomic E-state index is -0.476. The van der Waals surface area contributed by atoms with Gasteiger partial charge in [-0.25, -0.2) is 4.79 Å². The molecule has 0 bridgehead atoms. The predicted molar refractivity (Wildman–Crippen MR) is 102 cm³/mol. The van der Waals surface area contributed by atoms with Gasteiger partial charge in [-0.3, -0.25) is 14.7 Å². The number of aromatic nitrogens is 1. The monoisotopic (exact) mass is 367 g/mol. The molecule has 1 unspecified atom stereocenters. The van der Waals surface area contributed by atoms with Crippen LogP contribution in [0.4, 0.5) is 4.79 Å². The zero-order valence-corrected chi connectivity index (χ0v) is 15.6. The smallest absolute Gasteiger partial charge is 0.410 e. The summed E-state index contributed by atoms with van der Waals surface area (Å²) in [6, 6.07) is 11.1. The highest BCUT2D eigenvalue weighted by Crippen LogP contribution is 2.19. The number of likely N-dealkylation sites (tertiary alicyclic amines) is 1. The molecule has 2 amide bonds. The quantitative estimate of drug-likeness (QED) is 0.852. The van der Waals surface area contributed by atoms with Crippen LogP contribution in [-0.2, 0) is 29.1 Å². The number of ether oxygens (including phenoxy) is 1. The number of carbonyl (C=O) groups excluding carboxylic acids is 2. The SMILES string of the molecule is CCc1cncc(CNC(=O)C2CCCN2C(=O)OCc2ccccc2)c1. The van der Waals surface area contributed by atoms with Gasteiger partial charge in [0.25, 0.3) is 0 Å². The van der Waals surface area contributed by atoms with Crippen molar-refractivity contribution in [2.75, 3.05) is 6.54 Å². The molecule has 6 heteroatoms. The van der Waals surface area contributed by atoms with Gasteiger partial charge in [0.15, 0.2) is 0 Å². The Morgan fingerprint density at radius 3 is 2.74 bits per heavy atom. The van der Waals surface area contributed by atoms with Crippen molar-refractivity contribution in [2.24, 2.45) is 0 Å². The van der Waals surface area contributed by atoms with E-state index in [1.807, 2.05) is 42.6 Å². The Morgan fingerprint density at radius 2 is 1.96 bits per heavy atom. The molecule has 27 heavy (non-hydrogen) atoms. The van der Waals surface area contributed by atoms with Gasteiger partial charge in [0, 0.05) is 25.5 Å². The van der Waals surface area contributed by atoms with Gasteiger partial charge in [-0.2, -0.15) is 0 Å². The first-order chi connectivity index (χ1) is 13.2. The van der Waals surface area contributed by atoms with Crippen molar-refractivity contribution < 1.29 is 14.3 Å². The number of carbonyl (C=O) groups is 2. The molecule has 1 atom stereocenters. The van der Waals surface area contributed by atoms with Gasteiger partial charge < -0.3 is 10.1 Å². The number of benzene rings is 1. The molecule has 1 saturated heterocycles. The molecule has 2 heterocycles. The molecule has 1 aromatic carbocycles.